The number of nitrogens with zero attached hydrogens (tertiary/aromatic N) is 4. The van der Waals surface area contributed by atoms with Crippen LogP contribution in [-0.2, 0) is 11.3 Å². The van der Waals surface area contributed by atoms with Crippen molar-refractivity contribution in [3.05, 3.63) is 54.1 Å². The van der Waals surface area contributed by atoms with Gasteiger partial charge in [-0.1, -0.05) is 17.8 Å². The molecule has 0 bridgehead atoms. The number of aromatic nitrogens is 4. The Balaban J connectivity index is 1.36. The standard InChI is InChI=1S/C16H13N5OS2/c22-14(9-24-16-12-4-6-23-15(12)18-10-19-16)17-7-11-8-21-5-2-1-3-13(21)20-11/h1-6,8,10H,7,9H2,(H,17,22). The lowest BCUT2D eigenvalue weighted by molar-refractivity contribution is -0.118. The van der Waals surface area contributed by atoms with E-state index >= 15 is 0 Å². The van der Waals surface area contributed by atoms with Gasteiger partial charge in [-0.25, -0.2) is 15.0 Å². The summed E-state index contributed by atoms with van der Waals surface area (Å²) in [5.41, 5.74) is 1.71. The van der Waals surface area contributed by atoms with E-state index in [1.165, 1.54) is 18.1 Å². The van der Waals surface area contributed by atoms with Crippen molar-refractivity contribution in [1.29, 1.82) is 0 Å². The van der Waals surface area contributed by atoms with E-state index in [0.717, 1.165) is 26.6 Å². The van der Waals surface area contributed by atoms with Gasteiger partial charge in [0.2, 0.25) is 5.91 Å². The Labute approximate surface area is 146 Å². The van der Waals surface area contributed by atoms with Crippen molar-refractivity contribution < 1.29 is 4.79 Å². The topological polar surface area (TPSA) is 72.2 Å². The zero-order valence-electron chi connectivity index (χ0n) is 12.5. The lowest BCUT2D eigenvalue weighted by Crippen LogP contribution is -2.24. The van der Waals surface area contributed by atoms with Crippen molar-refractivity contribution in [1.82, 2.24) is 24.7 Å². The minimum atomic E-state index is -0.0425. The monoisotopic (exact) mass is 355 g/mol. The molecule has 120 valence electrons. The molecule has 0 aliphatic heterocycles. The first-order chi connectivity index (χ1) is 11.8. The smallest absolute Gasteiger partial charge is 0.230 e. The fourth-order valence-corrected chi connectivity index (χ4v) is 3.94. The maximum Gasteiger partial charge on any atom is 0.230 e. The van der Waals surface area contributed by atoms with Crippen LogP contribution < -0.4 is 5.32 Å². The van der Waals surface area contributed by atoms with Crippen molar-refractivity contribution in [2.45, 2.75) is 11.6 Å². The lowest BCUT2D eigenvalue weighted by Gasteiger charge is -2.03. The average molecular weight is 355 g/mol. The highest BCUT2D eigenvalue weighted by Crippen LogP contribution is 2.27. The maximum atomic E-state index is 12.1. The summed E-state index contributed by atoms with van der Waals surface area (Å²) in [6.07, 6.45) is 5.39. The van der Waals surface area contributed by atoms with Gasteiger partial charge >= 0.3 is 0 Å². The summed E-state index contributed by atoms with van der Waals surface area (Å²) >= 11 is 2.99. The predicted octanol–water partition coefficient (Wildman–Crippen LogP) is 2.75. The number of carbonyl (C=O) groups is 1. The van der Waals surface area contributed by atoms with Crippen molar-refractivity contribution in [2.24, 2.45) is 0 Å². The highest BCUT2D eigenvalue weighted by Gasteiger charge is 2.09. The van der Waals surface area contributed by atoms with Crippen molar-refractivity contribution in [3.63, 3.8) is 0 Å². The number of hydrogen-bond donors (Lipinski definition) is 1. The largest absolute Gasteiger partial charge is 0.350 e. The first kappa shape index (κ1) is 15.1. The van der Waals surface area contributed by atoms with Gasteiger partial charge in [0.05, 0.1) is 18.0 Å². The van der Waals surface area contributed by atoms with Crippen LogP contribution in [0.5, 0.6) is 0 Å². The molecule has 1 N–H and O–H groups in total. The third kappa shape index (κ3) is 3.10. The molecule has 6 nitrogen and oxygen atoms in total. The molecule has 4 aromatic heterocycles. The molecule has 0 saturated carbocycles. The zero-order valence-corrected chi connectivity index (χ0v) is 14.2. The molecule has 0 unspecified atom stereocenters. The molecule has 0 aromatic carbocycles. The zero-order chi connectivity index (χ0) is 16.4. The Morgan fingerprint density at radius 1 is 1.29 bits per heavy atom. The molecule has 8 heteroatoms. The van der Waals surface area contributed by atoms with Crippen LogP contribution in [0.25, 0.3) is 15.9 Å². The minimum absolute atomic E-state index is 0.0425. The summed E-state index contributed by atoms with van der Waals surface area (Å²) < 4.78 is 1.93. The number of pyridine rings is 1. The molecule has 4 aromatic rings. The van der Waals surface area contributed by atoms with Gasteiger partial charge < -0.3 is 9.72 Å². The number of nitrogens with one attached hydrogen (secondary N) is 1. The molecule has 24 heavy (non-hydrogen) atoms. The van der Waals surface area contributed by atoms with E-state index in [2.05, 4.69) is 20.3 Å². The fourth-order valence-electron chi connectivity index (χ4n) is 2.33. The van der Waals surface area contributed by atoms with Gasteiger partial charge in [0, 0.05) is 17.8 Å². The van der Waals surface area contributed by atoms with Gasteiger partial charge in [0.15, 0.2) is 0 Å². The van der Waals surface area contributed by atoms with Crippen LogP contribution in [0.15, 0.2) is 53.4 Å². The molecule has 0 spiro atoms. The van der Waals surface area contributed by atoms with Gasteiger partial charge in [-0.2, -0.15) is 0 Å². The van der Waals surface area contributed by atoms with E-state index in [4.69, 9.17) is 0 Å². The molecule has 0 saturated heterocycles. The maximum absolute atomic E-state index is 12.1. The van der Waals surface area contributed by atoms with Gasteiger partial charge in [-0.15, -0.1) is 11.3 Å². The summed E-state index contributed by atoms with van der Waals surface area (Å²) in [7, 11) is 0. The normalized spacial score (nSPS) is 11.2. The van der Waals surface area contributed by atoms with Gasteiger partial charge in [-0.05, 0) is 23.6 Å². The number of thioether (sulfide) groups is 1. The molecular formula is C16H13N5OS2. The fraction of sp³-hybridized carbons (Fsp3) is 0.125. The number of carbonyl (C=O) groups excluding carboxylic acids is 1. The van der Waals surface area contributed by atoms with Crippen LogP contribution in [0, 0.1) is 0 Å². The minimum Gasteiger partial charge on any atom is -0.350 e. The molecule has 1 amide bonds. The number of fused-ring (bicyclic) bond motifs is 2. The number of thiophene rings is 1. The molecule has 0 radical (unpaired) electrons. The Bertz CT molecular complexity index is 977. The van der Waals surface area contributed by atoms with Crippen molar-refractivity contribution >= 4 is 44.9 Å². The second-order valence-electron chi connectivity index (χ2n) is 5.08. The van der Waals surface area contributed by atoms with E-state index in [9.17, 15) is 4.79 Å². The Morgan fingerprint density at radius 3 is 3.17 bits per heavy atom. The third-order valence-electron chi connectivity index (χ3n) is 3.45. The van der Waals surface area contributed by atoms with Crippen LogP contribution in [-0.4, -0.2) is 31.0 Å². The van der Waals surface area contributed by atoms with Crippen molar-refractivity contribution in [3.8, 4) is 0 Å². The van der Waals surface area contributed by atoms with E-state index in [0.29, 0.717) is 12.3 Å². The van der Waals surface area contributed by atoms with E-state index in [1.54, 1.807) is 11.3 Å². The number of rotatable bonds is 5. The number of hydrogen-bond acceptors (Lipinski definition) is 6. The third-order valence-corrected chi connectivity index (χ3v) is 5.27. The average Bonchev–Trinajstić information content (AvgIpc) is 3.24. The summed E-state index contributed by atoms with van der Waals surface area (Å²) in [4.78, 5) is 25.9. The first-order valence-corrected chi connectivity index (χ1v) is 9.16. The lowest BCUT2D eigenvalue weighted by atomic mass is 10.4. The quantitative estimate of drug-likeness (QED) is 0.440. The molecular weight excluding hydrogens is 342 g/mol. The Hall–Kier alpha value is -2.45. The molecule has 4 heterocycles. The van der Waals surface area contributed by atoms with Crippen LogP contribution in [0.2, 0.25) is 0 Å². The Kier molecular flexibility index (Phi) is 4.14. The van der Waals surface area contributed by atoms with Gasteiger partial charge in [0.25, 0.3) is 0 Å². The van der Waals surface area contributed by atoms with Crippen LogP contribution in [0.3, 0.4) is 0 Å². The van der Waals surface area contributed by atoms with Crippen LogP contribution in [0.1, 0.15) is 5.69 Å². The predicted molar refractivity (Wildman–Crippen MR) is 95.2 cm³/mol. The second-order valence-corrected chi connectivity index (χ2v) is 6.94. The van der Waals surface area contributed by atoms with E-state index in [-0.39, 0.29) is 5.91 Å². The molecule has 0 fully saturated rings. The summed E-state index contributed by atoms with van der Waals surface area (Å²) in [5.74, 6) is 0.272. The van der Waals surface area contributed by atoms with Gasteiger partial charge in [0.1, 0.15) is 21.8 Å². The highest BCUT2D eigenvalue weighted by atomic mass is 32.2. The SMILES string of the molecule is O=C(CSc1ncnc2sccc12)NCc1cn2ccccc2n1. The van der Waals surface area contributed by atoms with E-state index in [1.807, 2.05) is 46.4 Å². The first-order valence-electron chi connectivity index (χ1n) is 7.30. The molecule has 4 rings (SSSR count). The Morgan fingerprint density at radius 2 is 2.25 bits per heavy atom. The summed E-state index contributed by atoms with van der Waals surface area (Å²) in [5, 5.41) is 6.71. The molecule has 0 aliphatic rings. The van der Waals surface area contributed by atoms with E-state index < -0.39 is 0 Å². The van der Waals surface area contributed by atoms with Crippen LogP contribution >= 0.6 is 23.1 Å². The number of amides is 1. The van der Waals surface area contributed by atoms with Crippen LogP contribution in [0.4, 0.5) is 0 Å². The van der Waals surface area contributed by atoms with Gasteiger partial charge in [-0.3, -0.25) is 4.79 Å². The number of imidazole rings is 1. The highest BCUT2D eigenvalue weighted by molar-refractivity contribution is 8.00. The molecule has 0 atom stereocenters. The summed E-state index contributed by atoms with van der Waals surface area (Å²) in [6.45, 7) is 0.415. The van der Waals surface area contributed by atoms with Crippen molar-refractivity contribution in [2.75, 3.05) is 5.75 Å². The summed E-state index contributed by atoms with van der Waals surface area (Å²) in [6, 6.07) is 7.80. The molecule has 0 aliphatic carbocycles. The second kappa shape index (κ2) is 6.58.